The Labute approximate surface area is 101 Å². The maximum atomic E-state index is 2.28. The van der Waals surface area contributed by atoms with E-state index < -0.39 is 0 Å². The largest absolute Gasteiger partial charge is 0.0845 e. The smallest absolute Gasteiger partial charge is 0.0307 e. The maximum absolute atomic E-state index is 2.28. The lowest BCUT2D eigenvalue weighted by Gasteiger charge is -1.99. The highest BCUT2D eigenvalue weighted by Crippen LogP contribution is 2.10. The summed E-state index contributed by atoms with van der Waals surface area (Å²) >= 11 is 0. The van der Waals surface area contributed by atoms with Crippen molar-refractivity contribution in [2.24, 2.45) is 0 Å². The van der Waals surface area contributed by atoms with Crippen molar-refractivity contribution in [3.8, 4) is 0 Å². The van der Waals surface area contributed by atoms with E-state index >= 15 is 0 Å². The SMILES string of the molecule is CC/C=C/C(=C/C(C)=C/C(C)=C/CC)CC. The van der Waals surface area contributed by atoms with Crippen LogP contribution in [0, 0.1) is 0 Å². The zero-order valence-corrected chi connectivity index (χ0v) is 11.5. The van der Waals surface area contributed by atoms with Crippen molar-refractivity contribution in [3.63, 3.8) is 0 Å². The molecular formula is C16H26. The molecule has 0 amide bonds. The minimum atomic E-state index is 1.10. The summed E-state index contributed by atoms with van der Waals surface area (Å²) in [6.07, 6.45) is 14.5. The van der Waals surface area contributed by atoms with E-state index in [-0.39, 0.29) is 0 Å². The van der Waals surface area contributed by atoms with Crippen molar-refractivity contribution < 1.29 is 0 Å². The molecule has 0 fully saturated rings. The Morgan fingerprint density at radius 2 is 1.56 bits per heavy atom. The monoisotopic (exact) mass is 218 g/mol. The van der Waals surface area contributed by atoms with E-state index in [1.165, 1.54) is 16.7 Å². The molecule has 0 aromatic rings. The average molecular weight is 218 g/mol. The van der Waals surface area contributed by atoms with Crippen LogP contribution >= 0.6 is 0 Å². The minimum absolute atomic E-state index is 1.10. The lowest BCUT2D eigenvalue weighted by atomic mass is 10.1. The molecule has 0 atom stereocenters. The van der Waals surface area contributed by atoms with Crippen molar-refractivity contribution in [2.75, 3.05) is 0 Å². The third-order valence-electron chi connectivity index (χ3n) is 2.37. The quantitative estimate of drug-likeness (QED) is 0.510. The van der Waals surface area contributed by atoms with Gasteiger partial charge in [0.1, 0.15) is 0 Å². The van der Waals surface area contributed by atoms with Crippen LogP contribution in [0.4, 0.5) is 0 Å². The molecule has 0 saturated heterocycles. The molecule has 16 heavy (non-hydrogen) atoms. The predicted molar refractivity (Wildman–Crippen MR) is 75.6 cm³/mol. The van der Waals surface area contributed by atoms with Crippen LogP contribution < -0.4 is 0 Å². The molecule has 0 saturated carbocycles. The van der Waals surface area contributed by atoms with Crippen LogP contribution in [0.1, 0.15) is 53.9 Å². The third-order valence-corrected chi connectivity index (χ3v) is 2.37. The standard InChI is InChI=1S/C16H26/c1-6-9-11-16(8-3)13-15(5)12-14(4)10-7-2/h9-13H,6-8H2,1-5H3/b11-9+,14-10+,15-12+,16-13+. The highest BCUT2D eigenvalue weighted by molar-refractivity contribution is 5.33. The van der Waals surface area contributed by atoms with Crippen LogP contribution in [0.3, 0.4) is 0 Å². The molecule has 0 aromatic carbocycles. The normalized spacial score (nSPS) is 14.9. The van der Waals surface area contributed by atoms with Crippen LogP contribution in [0.5, 0.6) is 0 Å². The molecular weight excluding hydrogens is 192 g/mol. The zero-order chi connectivity index (χ0) is 12.4. The number of hydrogen-bond donors (Lipinski definition) is 0. The second kappa shape index (κ2) is 9.21. The van der Waals surface area contributed by atoms with Gasteiger partial charge in [-0.2, -0.15) is 0 Å². The van der Waals surface area contributed by atoms with Gasteiger partial charge < -0.3 is 0 Å². The van der Waals surface area contributed by atoms with E-state index in [9.17, 15) is 0 Å². The molecule has 0 aliphatic rings. The first-order chi connectivity index (χ1) is 7.63. The average Bonchev–Trinajstić information content (AvgIpc) is 2.24. The Morgan fingerprint density at radius 3 is 2.06 bits per heavy atom. The molecule has 0 radical (unpaired) electrons. The van der Waals surface area contributed by atoms with Gasteiger partial charge in [0.05, 0.1) is 0 Å². The van der Waals surface area contributed by atoms with Gasteiger partial charge in [-0.1, -0.05) is 62.3 Å². The first kappa shape index (κ1) is 15.0. The second-order valence-electron chi connectivity index (χ2n) is 4.13. The van der Waals surface area contributed by atoms with Crippen LogP contribution in [0.15, 0.2) is 47.1 Å². The lowest BCUT2D eigenvalue weighted by molar-refractivity contribution is 1.12. The lowest BCUT2D eigenvalue weighted by Crippen LogP contribution is -1.79. The molecule has 0 unspecified atom stereocenters. The van der Waals surface area contributed by atoms with E-state index in [1.807, 2.05) is 0 Å². The fourth-order valence-corrected chi connectivity index (χ4v) is 1.61. The van der Waals surface area contributed by atoms with Gasteiger partial charge in [0.25, 0.3) is 0 Å². The first-order valence-corrected chi connectivity index (χ1v) is 6.36. The minimum Gasteiger partial charge on any atom is -0.0845 e. The van der Waals surface area contributed by atoms with Crippen LogP contribution in [-0.4, -0.2) is 0 Å². The fourth-order valence-electron chi connectivity index (χ4n) is 1.61. The van der Waals surface area contributed by atoms with E-state index in [2.05, 4.69) is 65.0 Å². The molecule has 0 aliphatic heterocycles. The summed E-state index contributed by atoms with van der Waals surface area (Å²) in [6.45, 7) is 10.9. The van der Waals surface area contributed by atoms with Crippen LogP contribution in [-0.2, 0) is 0 Å². The molecule has 0 heteroatoms. The topological polar surface area (TPSA) is 0 Å². The summed E-state index contributed by atoms with van der Waals surface area (Å²) in [5.74, 6) is 0. The Balaban J connectivity index is 4.70. The summed E-state index contributed by atoms with van der Waals surface area (Å²) < 4.78 is 0. The highest BCUT2D eigenvalue weighted by atomic mass is 14.0. The van der Waals surface area contributed by atoms with Gasteiger partial charge in [-0.05, 0) is 38.7 Å². The van der Waals surface area contributed by atoms with Crippen molar-refractivity contribution in [1.29, 1.82) is 0 Å². The molecule has 0 nitrogen and oxygen atoms in total. The number of allylic oxidation sites excluding steroid dienone is 8. The Bertz CT molecular complexity index is 298. The second-order valence-corrected chi connectivity index (χ2v) is 4.13. The maximum Gasteiger partial charge on any atom is -0.0307 e. The molecule has 0 rings (SSSR count). The van der Waals surface area contributed by atoms with E-state index in [0.717, 1.165) is 19.3 Å². The highest BCUT2D eigenvalue weighted by Gasteiger charge is 1.90. The molecule has 0 spiro atoms. The Morgan fingerprint density at radius 1 is 0.875 bits per heavy atom. The van der Waals surface area contributed by atoms with Gasteiger partial charge in [-0.25, -0.2) is 0 Å². The molecule has 90 valence electrons. The summed E-state index contributed by atoms with van der Waals surface area (Å²) in [6, 6.07) is 0. The summed E-state index contributed by atoms with van der Waals surface area (Å²) in [4.78, 5) is 0. The molecule has 0 aliphatic carbocycles. The van der Waals surface area contributed by atoms with Gasteiger partial charge >= 0.3 is 0 Å². The fraction of sp³-hybridized carbons (Fsp3) is 0.500. The summed E-state index contributed by atoms with van der Waals surface area (Å²) in [7, 11) is 0. The third kappa shape index (κ3) is 7.28. The van der Waals surface area contributed by atoms with Crippen molar-refractivity contribution in [1.82, 2.24) is 0 Å². The van der Waals surface area contributed by atoms with Crippen molar-refractivity contribution in [2.45, 2.75) is 53.9 Å². The van der Waals surface area contributed by atoms with Crippen LogP contribution in [0.25, 0.3) is 0 Å². The Hall–Kier alpha value is -1.04. The zero-order valence-electron chi connectivity index (χ0n) is 11.5. The van der Waals surface area contributed by atoms with Crippen molar-refractivity contribution >= 4 is 0 Å². The molecule has 0 N–H and O–H groups in total. The predicted octanol–water partition coefficient (Wildman–Crippen LogP) is 5.59. The van der Waals surface area contributed by atoms with Gasteiger partial charge in [0, 0.05) is 0 Å². The van der Waals surface area contributed by atoms with Gasteiger partial charge in [0.15, 0.2) is 0 Å². The van der Waals surface area contributed by atoms with Gasteiger partial charge in [-0.15, -0.1) is 0 Å². The van der Waals surface area contributed by atoms with Crippen molar-refractivity contribution in [3.05, 3.63) is 47.1 Å². The molecule has 0 bridgehead atoms. The summed E-state index contributed by atoms with van der Waals surface area (Å²) in [5, 5.41) is 0. The summed E-state index contributed by atoms with van der Waals surface area (Å²) in [5.41, 5.74) is 4.09. The van der Waals surface area contributed by atoms with Crippen LogP contribution in [0.2, 0.25) is 0 Å². The van der Waals surface area contributed by atoms with Gasteiger partial charge in [0.2, 0.25) is 0 Å². The first-order valence-electron chi connectivity index (χ1n) is 6.36. The van der Waals surface area contributed by atoms with E-state index in [4.69, 9.17) is 0 Å². The number of rotatable bonds is 6. The number of hydrogen-bond acceptors (Lipinski definition) is 0. The van der Waals surface area contributed by atoms with Gasteiger partial charge in [-0.3, -0.25) is 0 Å². The Kier molecular flexibility index (Phi) is 8.61. The molecule has 0 heterocycles. The van der Waals surface area contributed by atoms with E-state index in [1.54, 1.807) is 0 Å². The van der Waals surface area contributed by atoms with E-state index in [0.29, 0.717) is 0 Å². The molecule has 0 aromatic heterocycles.